The Hall–Kier alpha value is -1.55. The van der Waals surface area contributed by atoms with Gasteiger partial charge in [0.1, 0.15) is 5.75 Å². The Labute approximate surface area is 102 Å². The predicted octanol–water partition coefficient (Wildman–Crippen LogP) is 1.78. The van der Waals surface area contributed by atoms with E-state index in [2.05, 4.69) is 16.6 Å². The minimum absolute atomic E-state index is 0.186. The maximum atomic E-state index is 11.0. The van der Waals surface area contributed by atoms with E-state index in [1.165, 1.54) is 7.11 Å². The van der Waals surface area contributed by atoms with Crippen LogP contribution in [0.4, 0.5) is 0 Å². The molecule has 0 aromatic heterocycles. The lowest BCUT2D eigenvalue weighted by atomic mass is 10.2. The highest BCUT2D eigenvalue weighted by Gasteiger charge is 2.07. The van der Waals surface area contributed by atoms with E-state index in [0.29, 0.717) is 13.0 Å². The van der Waals surface area contributed by atoms with Gasteiger partial charge in [-0.05, 0) is 24.2 Å². The van der Waals surface area contributed by atoms with E-state index in [1.54, 1.807) is 12.1 Å². The van der Waals surface area contributed by atoms with Crippen molar-refractivity contribution in [2.75, 3.05) is 20.2 Å². The molecule has 1 aromatic carbocycles. The molecule has 1 aromatic rings. The molecule has 0 aliphatic rings. The minimum atomic E-state index is -0.186. The lowest BCUT2D eigenvalue weighted by molar-refractivity contribution is -0.141. The monoisotopic (exact) mass is 237 g/mol. The van der Waals surface area contributed by atoms with Crippen LogP contribution in [0.5, 0.6) is 5.75 Å². The lowest BCUT2D eigenvalue weighted by Gasteiger charge is -2.19. The number of phenolic OH excluding ortho intramolecular Hbond substituents is 1. The van der Waals surface area contributed by atoms with E-state index in [-0.39, 0.29) is 11.7 Å². The van der Waals surface area contributed by atoms with Crippen molar-refractivity contribution in [3.05, 3.63) is 29.8 Å². The quantitative estimate of drug-likeness (QED) is 0.766. The number of phenols is 1. The first kappa shape index (κ1) is 13.5. The van der Waals surface area contributed by atoms with Crippen LogP contribution in [0.25, 0.3) is 0 Å². The molecule has 0 radical (unpaired) electrons. The number of esters is 1. The van der Waals surface area contributed by atoms with Gasteiger partial charge < -0.3 is 9.84 Å². The summed E-state index contributed by atoms with van der Waals surface area (Å²) in [6.07, 6.45) is 0.405. The van der Waals surface area contributed by atoms with Crippen LogP contribution >= 0.6 is 0 Å². The maximum Gasteiger partial charge on any atom is 0.306 e. The van der Waals surface area contributed by atoms with Crippen molar-refractivity contribution in [1.29, 1.82) is 0 Å². The van der Waals surface area contributed by atoms with Gasteiger partial charge in [-0.3, -0.25) is 9.69 Å². The Kier molecular flexibility index (Phi) is 5.49. The molecule has 4 nitrogen and oxygen atoms in total. The summed E-state index contributed by atoms with van der Waals surface area (Å²) in [7, 11) is 1.40. The molecule has 0 unspecified atom stereocenters. The van der Waals surface area contributed by atoms with Gasteiger partial charge in [0.2, 0.25) is 0 Å². The lowest BCUT2D eigenvalue weighted by Crippen LogP contribution is -2.26. The summed E-state index contributed by atoms with van der Waals surface area (Å²) >= 11 is 0. The molecule has 0 saturated carbocycles. The average Bonchev–Trinajstić information content (AvgIpc) is 2.36. The number of hydrogen-bond donors (Lipinski definition) is 1. The van der Waals surface area contributed by atoms with E-state index in [9.17, 15) is 9.90 Å². The third-order valence-electron chi connectivity index (χ3n) is 2.65. The number of rotatable bonds is 6. The fraction of sp³-hybridized carbons (Fsp3) is 0.462. The second-order valence-corrected chi connectivity index (χ2v) is 3.86. The topological polar surface area (TPSA) is 49.8 Å². The summed E-state index contributed by atoms with van der Waals surface area (Å²) in [5, 5.41) is 9.18. The molecule has 0 saturated heterocycles. The van der Waals surface area contributed by atoms with Crippen LogP contribution in [0.15, 0.2) is 24.3 Å². The molecule has 0 aliphatic carbocycles. The summed E-state index contributed by atoms with van der Waals surface area (Å²) in [5.41, 5.74) is 1.12. The van der Waals surface area contributed by atoms with Gasteiger partial charge in [-0.1, -0.05) is 19.1 Å². The molecular weight excluding hydrogens is 218 g/mol. The Morgan fingerprint density at radius 1 is 1.35 bits per heavy atom. The van der Waals surface area contributed by atoms with Crippen LogP contribution in [0.2, 0.25) is 0 Å². The average molecular weight is 237 g/mol. The van der Waals surface area contributed by atoms with Gasteiger partial charge in [-0.25, -0.2) is 0 Å². The van der Waals surface area contributed by atoms with Crippen molar-refractivity contribution < 1.29 is 14.6 Å². The van der Waals surface area contributed by atoms with Gasteiger partial charge >= 0.3 is 5.97 Å². The van der Waals surface area contributed by atoms with E-state index in [0.717, 1.165) is 18.7 Å². The summed E-state index contributed by atoms with van der Waals surface area (Å²) in [5.74, 6) is 0.0838. The molecular formula is C13H19NO3. The van der Waals surface area contributed by atoms with Gasteiger partial charge in [-0.2, -0.15) is 0 Å². The Balaban J connectivity index is 2.46. The molecule has 1 N–H and O–H groups in total. The number of ether oxygens (including phenoxy) is 1. The summed E-state index contributed by atoms with van der Waals surface area (Å²) in [6, 6.07) is 7.11. The molecule has 94 valence electrons. The number of carbonyl (C=O) groups is 1. The van der Waals surface area contributed by atoms with E-state index >= 15 is 0 Å². The second kappa shape index (κ2) is 6.91. The number of nitrogens with zero attached hydrogens (tertiary/aromatic N) is 1. The highest BCUT2D eigenvalue weighted by molar-refractivity contribution is 5.69. The SMILES string of the molecule is CCN(CCC(=O)OC)Cc1ccc(O)cc1. The Bertz CT molecular complexity index is 348. The molecule has 0 fully saturated rings. The van der Waals surface area contributed by atoms with Crippen molar-refractivity contribution in [3.8, 4) is 5.75 Å². The molecule has 0 atom stereocenters. The number of benzene rings is 1. The number of methoxy groups -OCH3 is 1. The molecule has 0 spiro atoms. The molecule has 0 bridgehead atoms. The van der Waals surface area contributed by atoms with E-state index in [4.69, 9.17) is 0 Å². The largest absolute Gasteiger partial charge is 0.508 e. The molecule has 0 heterocycles. The van der Waals surface area contributed by atoms with Crippen molar-refractivity contribution in [2.45, 2.75) is 19.9 Å². The second-order valence-electron chi connectivity index (χ2n) is 3.86. The third-order valence-corrected chi connectivity index (χ3v) is 2.65. The van der Waals surface area contributed by atoms with Crippen LogP contribution in [-0.4, -0.2) is 36.2 Å². The van der Waals surface area contributed by atoms with Gasteiger partial charge in [-0.15, -0.1) is 0 Å². The summed E-state index contributed by atoms with van der Waals surface area (Å²) < 4.78 is 4.61. The first-order chi connectivity index (χ1) is 8.15. The molecule has 4 heteroatoms. The van der Waals surface area contributed by atoms with Gasteiger partial charge in [0, 0.05) is 13.1 Å². The fourth-order valence-corrected chi connectivity index (χ4v) is 1.56. The highest BCUT2D eigenvalue weighted by atomic mass is 16.5. The molecule has 0 amide bonds. The zero-order valence-corrected chi connectivity index (χ0v) is 10.3. The fourth-order valence-electron chi connectivity index (χ4n) is 1.56. The van der Waals surface area contributed by atoms with Crippen LogP contribution in [0, 0.1) is 0 Å². The molecule has 0 aliphatic heterocycles. The first-order valence-corrected chi connectivity index (χ1v) is 5.72. The number of aromatic hydroxyl groups is 1. The van der Waals surface area contributed by atoms with Gasteiger partial charge in [0.05, 0.1) is 13.5 Å². The van der Waals surface area contributed by atoms with Crippen molar-refractivity contribution in [2.24, 2.45) is 0 Å². The standard InChI is InChI=1S/C13H19NO3/c1-3-14(9-8-13(16)17-2)10-11-4-6-12(15)7-5-11/h4-7,15H,3,8-10H2,1-2H3. The predicted molar refractivity (Wildman–Crippen MR) is 65.7 cm³/mol. The third kappa shape index (κ3) is 4.87. The van der Waals surface area contributed by atoms with Crippen molar-refractivity contribution in [1.82, 2.24) is 4.90 Å². The van der Waals surface area contributed by atoms with Crippen LogP contribution in [-0.2, 0) is 16.1 Å². The summed E-state index contributed by atoms with van der Waals surface area (Å²) in [4.78, 5) is 13.2. The smallest absolute Gasteiger partial charge is 0.306 e. The van der Waals surface area contributed by atoms with Crippen LogP contribution in [0.3, 0.4) is 0 Å². The minimum Gasteiger partial charge on any atom is -0.508 e. The molecule has 1 rings (SSSR count). The summed E-state index contributed by atoms with van der Waals surface area (Å²) in [6.45, 7) is 4.38. The van der Waals surface area contributed by atoms with Gasteiger partial charge in [0.25, 0.3) is 0 Å². The van der Waals surface area contributed by atoms with E-state index in [1.807, 2.05) is 12.1 Å². The van der Waals surface area contributed by atoms with Gasteiger partial charge in [0.15, 0.2) is 0 Å². The highest BCUT2D eigenvalue weighted by Crippen LogP contribution is 2.11. The Morgan fingerprint density at radius 3 is 2.53 bits per heavy atom. The molecule has 17 heavy (non-hydrogen) atoms. The zero-order valence-electron chi connectivity index (χ0n) is 10.3. The normalized spacial score (nSPS) is 10.5. The Morgan fingerprint density at radius 2 is 2.00 bits per heavy atom. The van der Waals surface area contributed by atoms with E-state index < -0.39 is 0 Å². The van der Waals surface area contributed by atoms with Crippen LogP contribution in [0.1, 0.15) is 18.9 Å². The number of carbonyl (C=O) groups excluding carboxylic acids is 1. The zero-order chi connectivity index (χ0) is 12.7. The van der Waals surface area contributed by atoms with Crippen molar-refractivity contribution >= 4 is 5.97 Å². The van der Waals surface area contributed by atoms with Crippen LogP contribution < -0.4 is 0 Å². The first-order valence-electron chi connectivity index (χ1n) is 5.72. The number of hydrogen-bond acceptors (Lipinski definition) is 4. The van der Waals surface area contributed by atoms with Crippen molar-refractivity contribution in [3.63, 3.8) is 0 Å². The maximum absolute atomic E-state index is 11.0.